The van der Waals surface area contributed by atoms with Crippen molar-refractivity contribution in [2.45, 2.75) is 59.4 Å². The maximum absolute atomic E-state index is 4.23. The molecule has 0 bridgehead atoms. The Kier molecular flexibility index (Phi) is 6.31. The minimum absolute atomic E-state index is 0.668. The van der Waals surface area contributed by atoms with Crippen LogP contribution in [0.15, 0.2) is 0 Å². The quantitative estimate of drug-likeness (QED) is 0.562. The number of rotatable bonds is 7. The fraction of sp³-hybridized carbons (Fsp3) is 0.833. The maximum Gasteiger partial charge on any atom is 0.146 e. The van der Waals surface area contributed by atoms with Crippen LogP contribution in [0.2, 0.25) is 0 Å². The van der Waals surface area contributed by atoms with E-state index in [1.807, 2.05) is 0 Å². The number of halogens is 1. The Labute approximate surface area is 112 Å². The van der Waals surface area contributed by atoms with E-state index in [9.17, 15) is 0 Å². The van der Waals surface area contributed by atoms with Crippen molar-refractivity contribution in [1.82, 2.24) is 15.0 Å². The van der Waals surface area contributed by atoms with Crippen LogP contribution in [-0.4, -0.2) is 15.0 Å². The van der Waals surface area contributed by atoms with E-state index in [0.29, 0.717) is 5.92 Å². The molecule has 16 heavy (non-hydrogen) atoms. The smallest absolute Gasteiger partial charge is 0.146 e. The molecule has 0 radical (unpaired) electrons. The standard InChI is InChI=1S/C12H22IN3/c1-4-5-6-7-8-16-11(9-10(2)3)12(13)14-15-16/h10H,4-9H2,1-3H3. The first-order valence-corrected chi connectivity index (χ1v) is 7.30. The first kappa shape index (κ1) is 13.9. The molecule has 0 N–H and O–H groups in total. The van der Waals surface area contributed by atoms with Crippen molar-refractivity contribution in [3.05, 3.63) is 9.39 Å². The lowest BCUT2D eigenvalue weighted by molar-refractivity contribution is 0.495. The Balaban J connectivity index is 2.51. The molecule has 0 saturated heterocycles. The highest BCUT2D eigenvalue weighted by Gasteiger charge is 2.11. The lowest BCUT2D eigenvalue weighted by atomic mass is 10.1. The molecule has 1 heterocycles. The third kappa shape index (κ3) is 4.39. The first-order valence-electron chi connectivity index (χ1n) is 6.23. The summed E-state index contributed by atoms with van der Waals surface area (Å²) in [5.74, 6) is 0.668. The van der Waals surface area contributed by atoms with Gasteiger partial charge < -0.3 is 0 Å². The second kappa shape index (κ2) is 7.25. The van der Waals surface area contributed by atoms with E-state index < -0.39 is 0 Å². The first-order chi connectivity index (χ1) is 7.65. The van der Waals surface area contributed by atoms with Crippen molar-refractivity contribution in [3.63, 3.8) is 0 Å². The van der Waals surface area contributed by atoms with Crippen LogP contribution in [0.5, 0.6) is 0 Å². The monoisotopic (exact) mass is 335 g/mol. The highest BCUT2D eigenvalue weighted by molar-refractivity contribution is 14.1. The van der Waals surface area contributed by atoms with Crippen molar-refractivity contribution in [1.29, 1.82) is 0 Å². The van der Waals surface area contributed by atoms with Gasteiger partial charge in [0.05, 0.1) is 5.69 Å². The number of hydrogen-bond acceptors (Lipinski definition) is 2. The molecule has 1 aromatic heterocycles. The van der Waals surface area contributed by atoms with Crippen molar-refractivity contribution in [3.8, 4) is 0 Å². The van der Waals surface area contributed by atoms with Gasteiger partial charge in [-0.2, -0.15) is 0 Å². The molecule has 0 atom stereocenters. The summed E-state index contributed by atoms with van der Waals surface area (Å²) in [6.07, 6.45) is 6.21. The van der Waals surface area contributed by atoms with Gasteiger partial charge in [-0.15, -0.1) is 5.10 Å². The summed E-state index contributed by atoms with van der Waals surface area (Å²) in [6, 6.07) is 0. The average Bonchev–Trinajstić information content (AvgIpc) is 2.56. The van der Waals surface area contributed by atoms with Gasteiger partial charge in [0.15, 0.2) is 0 Å². The lowest BCUT2D eigenvalue weighted by Gasteiger charge is -2.08. The molecule has 0 fully saturated rings. The molecule has 0 spiro atoms. The second-order valence-corrected chi connectivity index (χ2v) is 5.73. The fourth-order valence-electron chi connectivity index (χ4n) is 1.76. The van der Waals surface area contributed by atoms with Crippen molar-refractivity contribution >= 4 is 22.6 Å². The molecular formula is C12H22IN3. The van der Waals surface area contributed by atoms with Gasteiger partial charge in [0.25, 0.3) is 0 Å². The zero-order chi connectivity index (χ0) is 12.0. The molecule has 0 amide bonds. The van der Waals surface area contributed by atoms with Crippen LogP contribution in [0.25, 0.3) is 0 Å². The molecule has 0 aliphatic rings. The van der Waals surface area contributed by atoms with Crippen LogP contribution < -0.4 is 0 Å². The number of unbranched alkanes of at least 4 members (excludes halogenated alkanes) is 3. The van der Waals surface area contributed by atoms with Crippen LogP contribution in [-0.2, 0) is 13.0 Å². The summed E-state index contributed by atoms with van der Waals surface area (Å²) in [6.45, 7) is 7.75. The Morgan fingerprint density at radius 1 is 1.25 bits per heavy atom. The average molecular weight is 335 g/mol. The molecule has 0 saturated carbocycles. The van der Waals surface area contributed by atoms with Crippen molar-refractivity contribution in [2.24, 2.45) is 5.92 Å². The van der Waals surface area contributed by atoms with Gasteiger partial charge in [-0.3, -0.25) is 0 Å². The van der Waals surface area contributed by atoms with E-state index in [0.717, 1.165) is 16.7 Å². The number of aryl methyl sites for hydroxylation is 1. The predicted octanol–water partition coefficient (Wildman–Crippen LogP) is 3.66. The molecule has 0 aliphatic heterocycles. The topological polar surface area (TPSA) is 30.7 Å². The summed E-state index contributed by atoms with van der Waals surface area (Å²) in [7, 11) is 0. The number of nitrogens with zero attached hydrogens (tertiary/aromatic N) is 3. The highest BCUT2D eigenvalue weighted by Crippen LogP contribution is 2.14. The highest BCUT2D eigenvalue weighted by atomic mass is 127. The molecule has 4 heteroatoms. The molecule has 92 valence electrons. The summed E-state index contributed by atoms with van der Waals surface area (Å²) in [4.78, 5) is 0. The van der Waals surface area contributed by atoms with E-state index in [1.54, 1.807) is 0 Å². The van der Waals surface area contributed by atoms with Crippen LogP contribution in [0.3, 0.4) is 0 Å². The van der Waals surface area contributed by atoms with E-state index in [4.69, 9.17) is 0 Å². The van der Waals surface area contributed by atoms with Crippen molar-refractivity contribution < 1.29 is 0 Å². The van der Waals surface area contributed by atoms with Crippen LogP contribution in [0, 0.1) is 9.62 Å². The molecular weight excluding hydrogens is 313 g/mol. The number of hydrogen-bond donors (Lipinski definition) is 0. The van der Waals surface area contributed by atoms with Gasteiger partial charge in [0, 0.05) is 6.54 Å². The molecule has 1 aromatic rings. The third-order valence-corrected chi connectivity index (χ3v) is 3.45. The minimum atomic E-state index is 0.668. The largest absolute Gasteiger partial charge is 0.248 e. The number of aromatic nitrogens is 3. The fourth-order valence-corrected chi connectivity index (χ4v) is 2.35. The van der Waals surface area contributed by atoms with Gasteiger partial charge in [-0.25, -0.2) is 4.68 Å². The van der Waals surface area contributed by atoms with E-state index in [1.165, 1.54) is 31.4 Å². The molecule has 0 aliphatic carbocycles. The predicted molar refractivity (Wildman–Crippen MR) is 75.4 cm³/mol. The van der Waals surface area contributed by atoms with Crippen LogP contribution in [0.4, 0.5) is 0 Å². The summed E-state index contributed by atoms with van der Waals surface area (Å²) < 4.78 is 3.17. The van der Waals surface area contributed by atoms with E-state index in [2.05, 4.69) is 58.4 Å². The molecule has 0 aromatic carbocycles. The molecule has 1 rings (SSSR count). The Bertz CT molecular complexity index is 307. The Morgan fingerprint density at radius 2 is 2.00 bits per heavy atom. The minimum Gasteiger partial charge on any atom is -0.248 e. The van der Waals surface area contributed by atoms with Gasteiger partial charge in [-0.1, -0.05) is 45.2 Å². The summed E-state index contributed by atoms with van der Waals surface area (Å²) in [5, 5.41) is 8.39. The van der Waals surface area contributed by atoms with Gasteiger partial charge >= 0.3 is 0 Å². The maximum atomic E-state index is 4.23. The summed E-state index contributed by atoms with van der Waals surface area (Å²) >= 11 is 2.29. The molecule has 3 nitrogen and oxygen atoms in total. The van der Waals surface area contributed by atoms with Gasteiger partial charge in [-0.05, 0) is 41.4 Å². The van der Waals surface area contributed by atoms with E-state index in [-0.39, 0.29) is 0 Å². The zero-order valence-corrected chi connectivity index (χ0v) is 12.7. The van der Waals surface area contributed by atoms with Crippen LogP contribution >= 0.6 is 22.6 Å². The third-order valence-electron chi connectivity index (χ3n) is 2.62. The van der Waals surface area contributed by atoms with Crippen molar-refractivity contribution in [2.75, 3.05) is 0 Å². The van der Waals surface area contributed by atoms with Gasteiger partial charge in [0.1, 0.15) is 3.70 Å². The van der Waals surface area contributed by atoms with Crippen LogP contribution in [0.1, 0.15) is 52.1 Å². The van der Waals surface area contributed by atoms with E-state index >= 15 is 0 Å². The normalized spacial score (nSPS) is 11.3. The summed E-state index contributed by atoms with van der Waals surface area (Å²) in [5.41, 5.74) is 1.31. The Hall–Kier alpha value is -0.130. The molecule has 0 unspecified atom stereocenters. The lowest BCUT2D eigenvalue weighted by Crippen LogP contribution is -2.08. The second-order valence-electron chi connectivity index (χ2n) is 4.71. The Morgan fingerprint density at radius 3 is 2.62 bits per heavy atom. The SMILES string of the molecule is CCCCCCn1nnc(I)c1CC(C)C. The van der Waals surface area contributed by atoms with Gasteiger partial charge in [0.2, 0.25) is 0 Å². The zero-order valence-electron chi connectivity index (χ0n) is 10.5.